The van der Waals surface area contributed by atoms with Crippen LogP contribution in [0.4, 0.5) is 0 Å². The average Bonchev–Trinajstić information content (AvgIpc) is 2.37. The summed E-state index contributed by atoms with van der Waals surface area (Å²) in [6.07, 6.45) is 3.26. The van der Waals surface area contributed by atoms with Crippen LogP contribution in [0.15, 0.2) is 42.7 Å². The smallest absolute Gasteiger partial charge is 0.114 e. The zero-order valence-corrected chi connectivity index (χ0v) is 10.4. The molecule has 0 spiro atoms. The molecule has 0 fully saturated rings. The highest BCUT2D eigenvalue weighted by molar-refractivity contribution is 5.54. The van der Waals surface area contributed by atoms with E-state index in [1.165, 1.54) is 0 Å². The quantitative estimate of drug-likeness (QED) is 0.740. The predicted octanol–water partition coefficient (Wildman–Crippen LogP) is 1.91. The molecule has 2 unspecified atom stereocenters. The molecule has 18 heavy (non-hydrogen) atoms. The van der Waals surface area contributed by atoms with Crippen molar-refractivity contribution in [3.05, 3.63) is 65.0 Å². The fraction of sp³-hybridized carbons (Fsp3) is 0.267. The molecule has 1 heterocycles. The van der Waals surface area contributed by atoms with Gasteiger partial charge in [0.15, 0.2) is 0 Å². The van der Waals surface area contributed by atoms with E-state index in [1.807, 2.05) is 24.3 Å². The molecule has 3 nitrogen and oxygen atoms in total. The van der Waals surface area contributed by atoms with Crippen LogP contribution in [-0.4, -0.2) is 15.2 Å². The number of pyridine rings is 1. The van der Waals surface area contributed by atoms with Crippen LogP contribution in [0.25, 0.3) is 0 Å². The highest BCUT2D eigenvalue weighted by atomic mass is 16.3. The Kier molecular flexibility index (Phi) is 2.15. The maximum absolute atomic E-state index is 10.8. The molecule has 0 amide bonds. The van der Waals surface area contributed by atoms with Crippen molar-refractivity contribution < 1.29 is 10.2 Å². The maximum atomic E-state index is 10.8. The Hall–Kier alpha value is -1.71. The van der Waals surface area contributed by atoms with Gasteiger partial charge in [-0.2, -0.15) is 0 Å². The van der Waals surface area contributed by atoms with Crippen molar-refractivity contribution in [1.82, 2.24) is 4.98 Å². The van der Waals surface area contributed by atoms with Gasteiger partial charge in [0.25, 0.3) is 0 Å². The normalized spacial score (nSPS) is 29.6. The molecule has 92 valence electrons. The lowest BCUT2D eigenvalue weighted by molar-refractivity contribution is 0.0505. The number of aliphatic hydroxyl groups is 2. The molecule has 0 bridgehead atoms. The van der Waals surface area contributed by atoms with E-state index >= 15 is 0 Å². The van der Waals surface area contributed by atoms with E-state index in [-0.39, 0.29) is 0 Å². The SMILES string of the molecule is CC1(O)c2ccccc2C(C)(O)c2cnccc21. The minimum Gasteiger partial charge on any atom is -0.381 e. The van der Waals surface area contributed by atoms with E-state index in [0.717, 1.165) is 11.1 Å². The molecule has 0 saturated heterocycles. The number of hydrogen-bond acceptors (Lipinski definition) is 3. The number of rotatable bonds is 0. The Bertz CT molecular complexity index is 512. The summed E-state index contributed by atoms with van der Waals surface area (Å²) in [4.78, 5) is 4.06. The standard InChI is InChI=1S/C15H15NO2/c1-14(17)10-5-3-4-6-11(10)15(2,18)13-9-16-8-7-12(13)14/h3-9,17-18H,1-2H3. The fourth-order valence-corrected chi connectivity index (χ4v) is 2.83. The second-order valence-electron chi connectivity index (χ2n) is 5.11. The molecule has 2 N–H and O–H groups in total. The summed E-state index contributed by atoms with van der Waals surface area (Å²) in [5.74, 6) is 0. The van der Waals surface area contributed by atoms with Gasteiger partial charge in [0.2, 0.25) is 0 Å². The monoisotopic (exact) mass is 241 g/mol. The first-order valence-electron chi connectivity index (χ1n) is 5.95. The van der Waals surface area contributed by atoms with Gasteiger partial charge in [-0.1, -0.05) is 24.3 Å². The summed E-state index contributed by atoms with van der Waals surface area (Å²) in [6, 6.07) is 9.20. The first kappa shape index (κ1) is 11.4. The van der Waals surface area contributed by atoms with E-state index < -0.39 is 11.2 Å². The molecule has 0 radical (unpaired) electrons. The molecular weight excluding hydrogens is 226 g/mol. The summed E-state index contributed by atoms with van der Waals surface area (Å²) < 4.78 is 0. The Morgan fingerprint density at radius 3 is 1.94 bits per heavy atom. The summed E-state index contributed by atoms with van der Waals surface area (Å²) in [5, 5.41) is 21.5. The van der Waals surface area contributed by atoms with Crippen LogP contribution in [0.1, 0.15) is 36.1 Å². The zero-order valence-electron chi connectivity index (χ0n) is 10.4. The molecule has 1 aromatic heterocycles. The maximum Gasteiger partial charge on any atom is 0.114 e. The van der Waals surface area contributed by atoms with Gasteiger partial charge in [-0.25, -0.2) is 0 Å². The largest absolute Gasteiger partial charge is 0.381 e. The predicted molar refractivity (Wildman–Crippen MR) is 68.0 cm³/mol. The zero-order chi connectivity index (χ0) is 13.0. The van der Waals surface area contributed by atoms with E-state index in [1.54, 1.807) is 32.3 Å². The van der Waals surface area contributed by atoms with Crippen LogP contribution in [-0.2, 0) is 11.2 Å². The van der Waals surface area contributed by atoms with Gasteiger partial charge < -0.3 is 10.2 Å². The highest BCUT2D eigenvalue weighted by Gasteiger charge is 2.44. The van der Waals surface area contributed by atoms with Gasteiger partial charge in [0.1, 0.15) is 11.2 Å². The van der Waals surface area contributed by atoms with Crippen molar-refractivity contribution in [3.63, 3.8) is 0 Å². The Morgan fingerprint density at radius 2 is 1.33 bits per heavy atom. The van der Waals surface area contributed by atoms with Crippen molar-refractivity contribution >= 4 is 0 Å². The lowest BCUT2D eigenvalue weighted by Gasteiger charge is -2.41. The lowest BCUT2D eigenvalue weighted by Crippen LogP contribution is -2.39. The summed E-state index contributed by atoms with van der Waals surface area (Å²) in [7, 11) is 0. The molecular formula is C15H15NO2. The second-order valence-corrected chi connectivity index (χ2v) is 5.11. The van der Waals surface area contributed by atoms with Crippen molar-refractivity contribution in [3.8, 4) is 0 Å². The van der Waals surface area contributed by atoms with Crippen molar-refractivity contribution in [2.75, 3.05) is 0 Å². The topological polar surface area (TPSA) is 53.4 Å². The van der Waals surface area contributed by atoms with Crippen molar-refractivity contribution in [1.29, 1.82) is 0 Å². The summed E-state index contributed by atoms with van der Waals surface area (Å²) >= 11 is 0. The number of hydrogen-bond donors (Lipinski definition) is 2. The minimum atomic E-state index is -1.12. The van der Waals surface area contributed by atoms with Crippen LogP contribution in [0.5, 0.6) is 0 Å². The number of aromatic nitrogens is 1. The Labute approximate surface area is 106 Å². The molecule has 1 aliphatic carbocycles. The summed E-state index contributed by atoms with van der Waals surface area (Å²) in [6.45, 7) is 3.49. The van der Waals surface area contributed by atoms with Gasteiger partial charge in [0, 0.05) is 18.0 Å². The number of benzene rings is 1. The second kappa shape index (κ2) is 3.40. The van der Waals surface area contributed by atoms with Gasteiger partial charge in [0.05, 0.1) is 0 Å². The van der Waals surface area contributed by atoms with E-state index in [2.05, 4.69) is 4.98 Å². The van der Waals surface area contributed by atoms with Gasteiger partial charge in [-0.15, -0.1) is 0 Å². The van der Waals surface area contributed by atoms with Crippen LogP contribution in [0.3, 0.4) is 0 Å². The number of nitrogens with zero attached hydrogens (tertiary/aromatic N) is 1. The third-order valence-corrected chi connectivity index (χ3v) is 3.85. The minimum absolute atomic E-state index is 0.661. The van der Waals surface area contributed by atoms with Crippen molar-refractivity contribution in [2.24, 2.45) is 0 Å². The van der Waals surface area contributed by atoms with E-state index in [9.17, 15) is 10.2 Å². The van der Waals surface area contributed by atoms with E-state index in [0.29, 0.717) is 11.1 Å². The lowest BCUT2D eigenvalue weighted by atomic mass is 9.70. The van der Waals surface area contributed by atoms with Gasteiger partial charge >= 0.3 is 0 Å². The molecule has 3 rings (SSSR count). The molecule has 2 aromatic rings. The first-order chi connectivity index (χ1) is 8.45. The fourth-order valence-electron chi connectivity index (χ4n) is 2.83. The Morgan fingerprint density at radius 1 is 0.833 bits per heavy atom. The van der Waals surface area contributed by atoms with Crippen LogP contribution in [0.2, 0.25) is 0 Å². The van der Waals surface area contributed by atoms with Crippen LogP contribution >= 0.6 is 0 Å². The highest BCUT2D eigenvalue weighted by Crippen LogP contribution is 2.46. The number of fused-ring (bicyclic) bond motifs is 2. The van der Waals surface area contributed by atoms with Crippen LogP contribution in [0, 0.1) is 0 Å². The van der Waals surface area contributed by atoms with E-state index in [4.69, 9.17) is 0 Å². The van der Waals surface area contributed by atoms with Crippen molar-refractivity contribution in [2.45, 2.75) is 25.0 Å². The molecule has 1 aliphatic rings. The molecule has 2 atom stereocenters. The van der Waals surface area contributed by atoms with Gasteiger partial charge in [-0.05, 0) is 36.6 Å². The average molecular weight is 241 g/mol. The first-order valence-corrected chi connectivity index (χ1v) is 5.95. The summed E-state index contributed by atoms with van der Waals surface area (Å²) in [5.41, 5.74) is 0.624. The Balaban J connectivity index is 2.41. The molecule has 1 aromatic carbocycles. The molecule has 0 aliphatic heterocycles. The molecule has 0 saturated carbocycles. The third kappa shape index (κ3) is 1.29. The van der Waals surface area contributed by atoms with Crippen LogP contribution < -0.4 is 0 Å². The molecule has 3 heteroatoms. The third-order valence-electron chi connectivity index (χ3n) is 3.85. The van der Waals surface area contributed by atoms with Gasteiger partial charge in [-0.3, -0.25) is 4.98 Å².